The molecule has 20 heavy (non-hydrogen) atoms. The van der Waals surface area contributed by atoms with E-state index in [4.69, 9.17) is 0 Å². The van der Waals surface area contributed by atoms with Crippen LogP contribution >= 0.6 is 0 Å². The molecule has 0 radical (unpaired) electrons. The number of tetrazole rings is 1. The second kappa shape index (κ2) is 5.65. The largest absolute Gasteiger partial charge is 0.392 e. The molecule has 8 nitrogen and oxygen atoms in total. The highest BCUT2D eigenvalue weighted by molar-refractivity contribution is 7.89. The first-order valence-electron chi connectivity index (χ1n) is 5.90. The van der Waals surface area contributed by atoms with Crippen LogP contribution in [0.25, 0.3) is 0 Å². The number of H-pyrrole nitrogens is 1. The molecule has 0 aliphatic carbocycles. The number of hydrogen-bond acceptors (Lipinski definition) is 6. The van der Waals surface area contributed by atoms with Gasteiger partial charge in [0.1, 0.15) is 0 Å². The van der Waals surface area contributed by atoms with E-state index in [1.54, 1.807) is 19.9 Å². The van der Waals surface area contributed by atoms with Crippen LogP contribution in [0.15, 0.2) is 23.1 Å². The molecule has 108 valence electrons. The molecule has 0 aliphatic heterocycles. The number of hydrogen-bond donors (Lipinski definition) is 3. The van der Waals surface area contributed by atoms with E-state index in [-0.39, 0.29) is 17.3 Å². The molecule has 1 aromatic heterocycles. The Hall–Kier alpha value is -1.84. The van der Waals surface area contributed by atoms with Crippen molar-refractivity contribution in [1.29, 1.82) is 0 Å². The predicted molar refractivity (Wildman–Crippen MR) is 70.0 cm³/mol. The van der Waals surface area contributed by atoms with Crippen molar-refractivity contribution in [3.05, 3.63) is 35.2 Å². The second-order valence-corrected chi connectivity index (χ2v) is 6.07. The third kappa shape index (κ3) is 3.00. The smallest absolute Gasteiger partial charge is 0.241 e. The molecule has 1 atom stereocenters. The van der Waals surface area contributed by atoms with Gasteiger partial charge in [0.05, 0.1) is 17.5 Å². The lowest BCUT2D eigenvalue weighted by molar-refractivity contribution is 0.280. The molecule has 0 aliphatic rings. The van der Waals surface area contributed by atoms with Crippen molar-refractivity contribution in [2.75, 3.05) is 0 Å². The van der Waals surface area contributed by atoms with Gasteiger partial charge in [0.15, 0.2) is 5.82 Å². The zero-order valence-corrected chi connectivity index (χ0v) is 11.8. The van der Waals surface area contributed by atoms with Gasteiger partial charge in [0.25, 0.3) is 0 Å². The highest BCUT2D eigenvalue weighted by atomic mass is 32.2. The van der Waals surface area contributed by atoms with Gasteiger partial charge in [0.2, 0.25) is 10.0 Å². The van der Waals surface area contributed by atoms with Gasteiger partial charge in [-0.25, -0.2) is 13.1 Å². The molecule has 2 rings (SSSR count). The van der Waals surface area contributed by atoms with Crippen molar-refractivity contribution in [1.82, 2.24) is 25.3 Å². The maximum atomic E-state index is 12.2. The summed E-state index contributed by atoms with van der Waals surface area (Å²) in [5.41, 5.74) is 1.40. The number of sulfonamides is 1. The van der Waals surface area contributed by atoms with E-state index in [0.29, 0.717) is 5.56 Å². The average molecular weight is 297 g/mol. The molecule has 0 saturated heterocycles. The summed E-state index contributed by atoms with van der Waals surface area (Å²) < 4.78 is 26.9. The van der Waals surface area contributed by atoms with Crippen LogP contribution in [0, 0.1) is 6.92 Å². The standard InChI is InChI=1S/C11H15N5O3S/c1-7-3-4-10(5-9(7)6-17)20(18,19)14-8(2)11-12-15-16-13-11/h3-5,8,14,17H,6H2,1-2H3,(H,12,13,15,16). The summed E-state index contributed by atoms with van der Waals surface area (Å²) in [6.45, 7) is 3.20. The van der Waals surface area contributed by atoms with Crippen molar-refractivity contribution in [2.45, 2.75) is 31.4 Å². The monoisotopic (exact) mass is 297 g/mol. The summed E-state index contributed by atoms with van der Waals surface area (Å²) >= 11 is 0. The Morgan fingerprint density at radius 2 is 2.20 bits per heavy atom. The number of aryl methyl sites for hydroxylation is 1. The van der Waals surface area contributed by atoms with E-state index in [0.717, 1.165) is 5.56 Å². The molecule has 0 saturated carbocycles. The molecule has 3 N–H and O–H groups in total. The first-order valence-corrected chi connectivity index (χ1v) is 7.38. The van der Waals surface area contributed by atoms with Crippen LogP contribution in [0.4, 0.5) is 0 Å². The third-order valence-corrected chi connectivity index (χ3v) is 4.42. The van der Waals surface area contributed by atoms with Gasteiger partial charge in [-0.3, -0.25) is 0 Å². The van der Waals surface area contributed by atoms with Crippen LogP contribution in [-0.4, -0.2) is 34.1 Å². The Bertz CT molecular complexity index is 684. The summed E-state index contributed by atoms with van der Waals surface area (Å²) in [5.74, 6) is 0.253. The van der Waals surface area contributed by atoms with E-state index in [9.17, 15) is 13.5 Å². The first kappa shape index (κ1) is 14.6. The van der Waals surface area contributed by atoms with Crippen LogP contribution < -0.4 is 4.72 Å². The van der Waals surface area contributed by atoms with Crippen molar-refractivity contribution in [2.24, 2.45) is 0 Å². The van der Waals surface area contributed by atoms with E-state index in [1.165, 1.54) is 12.1 Å². The van der Waals surface area contributed by atoms with Crippen LogP contribution in [0.5, 0.6) is 0 Å². The number of nitrogens with zero attached hydrogens (tertiary/aromatic N) is 3. The van der Waals surface area contributed by atoms with Gasteiger partial charge in [0, 0.05) is 0 Å². The molecule has 0 spiro atoms. The zero-order chi connectivity index (χ0) is 14.8. The lowest BCUT2D eigenvalue weighted by atomic mass is 10.1. The fourth-order valence-electron chi connectivity index (χ4n) is 1.69. The van der Waals surface area contributed by atoms with Gasteiger partial charge >= 0.3 is 0 Å². The summed E-state index contributed by atoms with van der Waals surface area (Å²) in [7, 11) is -3.72. The second-order valence-electron chi connectivity index (χ2n) is 4.36. The van der Waals surface area contributed by atoms with Crippen molar-refractivity contribution < 1.29 is 13.5 Å². The van der Waals surface area contributed by atoms with Crippen molar-refractivity contribution in [3.8, 4) is 0 Å². The van der Waals surface area contributed by atoms with Crippen LogP contribution in [0.1, 0.15) is 29.9 Å². The van der Waals surface area contributed by atoms with E-state index < -0.39 is 16.1 Å². The molecule has 9 heteroatoms. The predicted octanol–water partition coefficient (Wildman–Crippen LogP) is 0.0399. The number of nitrogens with one attached hydrogen (secondary N) is 2. The molecule has 0 amide bonds. The minimum atomic E-state index is -3.72. The van der Waals surface area contributed by atoms with E-state index in [1.807, 2.05) is 0 Å². The number of benzene rings is 1. The van der Waals surface area contributed by atoms with Crippen molar-refractivity contribution >= 4 is 10.0 Å². The molecule has 2 aromatic rings. The number of aliphatic hydroxyl groups is 1. The number of rotatable bonds is 5. The van der Waals surface area contributed by atoms with Crippen molar-refractivity contribution in [3.63, 3.8) is 0 Å². The highest BCUT2D eigenvalue weighted by Gasteiger charge is 2.21. The topological polar surface area (TPSA) is 121 Å². The Balaban J connectivity index is 2.26. The summed E-state index contributed by atoms with van der Waals surface area (Å²) in [6, 6.07) is 3.97. The number of aliphatic hydroxyl groups excluding tert-OH is 1. The van der Waals surface area contributed by atoms with Gasteiger partial charge in [-0.05, 0) is 37.1 Å². The lowest BCUT2D eigenvalue weighted by Gasteiger charge is -2.12. The van der Waals surface area contributed by atoms with E-state index >= 15 is 0 Å². The zero-order valence-electron chi connectivity index (χ0n) is 11.0. The molecular weight excluding hydrogens is 282 g/mol. The Morgan fingerprint density at radius 3 is 2.80 bits per heavy atom. The fourth-order valence-corrected chi connectivity index (χ4v) is 2.94. The quantitative estimate of drug-likeness (QED) is 0.716. The minimum Gasteiger partial charge on any atom is -0.392 e. The molecule has 0 fully saturated rings. The van der Waals surface area contributed by atoms with Gasteiger partial charge in [-0.2, -0.15) is 5.21 Å². The average Bonchev–Trinajstić information content (AvgIpc) is 2.92. The summed E-state index contributed by atoms with van der Waals surface area (Å²) in [5, 5.41) is 22.3. The van der Waals surface area contributed by atoms with Gasteiger partial charge in [-0.1, -0.05) is 11.3 Å². The first-order chi connectivity index (χ1) is 9.44. The van der Waals surface area contributed by atoms with Crippen LogP contribution in [0.2, 0.25) is 0 Å². The maximum absolute atomic E-state index is 12.2. The highest BCUT2D eigenvalue weighted by Crippen LogP contribution is 2.17. The fraction of sp³-hybridized carbons (Fsp3) is 0.364. The number of aromatic nitrogens is 4. The lowest BCUT2D eigenvalue weighted by Crippen LogP contribution is -2.27. The normalized spacial score (nSPS) is 13.3. The molecular formula is C11H15N5O3S. The van der Waals surface area contributed by atoms with Crippen LogP contribution in [-0.2, 0) is 16.6 Å². The molecule has 0 bridgehead atoms. The Labute approximate surface area is 116 Å². The van der Waals surface area contributed by atoms with Crippen LogP contribution in [0.3, 0.4) is 0 Å². The Kier molecular flexibility index (Phi) is 4.12. The van der Waals surface area contributed by atoms with Gasteiger partial charge in [-0.15, -0.1) is 10.2 Å². The summed E-state index contributed by atoms with van der Waals surface area (Å²) in [4.78, 5) is 0.0856. The minimum absolute atomic E-state index is 0.0856. The third-order valence-electron chi connectivity index (χ3n) is 2.88. The summed E-state index contributed by atoms with van der Waals surface area (Å²) in [6.07, 6.45) is 0. The molecule has 1 unspecified atom stereocenters. The maximum Gasteiger partial charge on any atom is 0.241 e. The molecule has 1 heterocycles. The van der Waals surface area contributed by atoms with E-state index in [2.05, 4.69) is 25.3 Å². The SMILES string of the molecule is Cc1ccc(S(=O)(=O)NC(C)c2nn[nH]n2)cc1CO. The number of aromatic amines is 1. The van der Waals surface area contributed by atoms with Gasteiger partial charge < -0.3 is 5.11 Å². The molecule has 1 aromatic carbocycles. The Morgan fingerprint density at radius 1 is 1.45 bits per heavy atom.